The average Bonchev–Trinajstić information content (AvgIpc) is 2.55. The Morgan fingerprint density at radius 1 is 1.19 bits per heavy atom. The van der Waals surface area contributed by atoms with Gasteiger partial charge in [0.25, 0.3) is 5.56 Å². The average molecular weight is 394 g/mol. The Bertz CT molecular complexity index is 959. The van der Waals surface area contributed by atoms with Crippen LogP contribution in [0.15, 0.2) is 29.6 Å². The van der Waals surface area contributed by atoms with Crippen LogP contribution in [0.5, 0.6) is 0 Å². The standard InChI is InChI=1S/C16H12F6N2O3/c1-3-27-12(25)7-24-14(26)10-5-4-9(16(20,21)22)6-11(10)13(23-24)8(2)15(17,18)19/h4-6H,2-3,7H2,1H3. The van der Waals surface area contributed by atoms with Gasteiger partial charge in [0.15, 0.2) is 0 Å². The maximum Gasteiger partial charge on any atom is 0.417 e. The van der Waals surface area contributed by atoms with Gasteiger partial charge in [-0.1, -0.05) is 6.58 Å². The zero-order chi connectivity index (χ0) is 20.6. The van der Waals surface area contributed by atoms with Gasteiger partial charge in [0.2, 0.25) is 0 Å². The van der Waals surface area contributed by atoms with Crippen LogP contribution < -0.4 is 5.56 Å². The van der Waals surface area contributed by atoms with E-state index in [1.54, 1.807) is 0 Å². The van der Waals surface area contributed by atoms with E-state index < -0.39 is 58.0 Å². The zero-order valence-corrected chi connectivity index (χ0v) is 13.7. The zero-order valence-electron chi connectivity index (χ0n) is 13.7. The summed E-state index contributed by atoms with van der Waals surface area (Å²) < 4.78 is 83.0. The SMILES string of the molecule is C=C(c1nn(CC(=O)OCC)c(=O)c2ccc(C(F)(F)F)cc12)C(F)(F)F. The molecule has 0 fully saturated rings. The van der Waals surface area contributed by atoms with Gasteiger partial charge in [-0.2, -0.15) is 31.4 Å². The number of halogens is 6. The van der Waals surface area contributed by atoms with Crippen molar-refractivity contribution in [1.29, 1.82) is 0 Å². The largest absolute Gasteiger partial charge is 0.465 e. The number of ether oxygens (including phenoxy) is 1. The highest BCUT2D eigenvalue weighted by Crippen LogP contribution is 2.36. The Balaban J connectivity index is 2.79. The Hall–Kier alpha value is -2.85. The molecule has 146 valence electrons. The Kier molecular flexibility index (Phi) is 5.34. The second-order valence-corrected chi connectivity index (χ2v) is 5.35. The fourth-order valence-electron chi connectivity index (χ4n) is 2.26. The smallest absolute Gasteiger partial charge is 0.417 e. The first kappa shape index (κ1) is 20.5. The van der Waals surface area contributed by atoms with Gasteiger partial charge in [-0.25, -0.2) is 4.68 Å². The highest BCUT2D eigenvalue weighted by Gasteiger charge is 2.37. The van der Waals surface area contributed by atoms with E-state index in [4.69, 9.17) is 0 Å². The van der Waals surface area contributed by atoms with E-state index in [0.29, 0.717) is 16.8 Å². The topological polar surface area (TPSA) is 61.2 Å². The van der Waals surface area contributed by atoms with Gasteiger partial charge in [-0.05, 0) is 25.1 Å². The van der Waals surface area contributed by atoms with Gasteiger partial charge in [0.1, 0.15) is 12.2 Å². The minimum Gasteiger partial charge on any atom is -0.465 e. The third-order valence-electron chi connectivity index (χ3n) is 3.50. The molecule has 0 aliphatic heterocycles. The second-order valence-electron chi connectivity index (χ2n) is 5.35. The second kappa shape index (κ2) is 7.05. The van der Waals surface area contributed by atoms with E-state index in [1.165, 1.54) is 6.92 Å². The van der Waals surface area contributed by atoms with Crippen molar-refractivity contribution in [1.82, 2.24) is 9.78 Å². The number of carbonyl (C=O) groups excluding carboxylic acids is 1. The summed E-state index contributed by atoms with van der Waals surface area (Å²) in [7, 11) is 0. The summed E-state index contributed by atoms with van der Waals surface area (Å²) in [6.07, 6.45) is -9.86. The highest BCUT2D eigenvalue weighted by molar-refractivity contribution is 5.92. The Morgan fingerprint density at radius 2 is 1.81 bits per heavy atom. The van der Waals surface area contributed by atoms with Crippen LogP contribution in [-0.2, 0) is 22.3 Å². The van der Waals surface area contributed by atoms with Gasteiger partial charge in [-0.3, -0.25) is 9.59 Å². The Labute approximate surface area is 147 Å². The van der Waals surface area contributed by atoms with Gasteiger partial charge in [-0.15, -0.1) is 0 Å². The normalized spacial score (nSPS) is 12.3. The van der Waals surface area contributed by atoms with Crippen molar-refractivity contribution in [2.75, 3.05) is 6.61 Å². The minimum absolute atomic E-state index is 0.0434. The minimum atomic E-state index is -5.01. The summed E-state index contributed by atoms with van der Waals surface area (Å²) in [4.78, 5) is 23.9. The molecular weight excluding hydrogens is 382 g/mol. The lowest BCUT2D eigenvalue weighted by atomic mass is 10.0. The predicted octanol–water partition coefficient (Wildman–Crippen LogP) is 3.55. The molecule has 0 saturated heterocycles. The molecule has 1 aromatic heterocycles. The maximum absolute atomic E-state index is 13.1. The number of benzene rings is 1. The van der Waals surface area contributed by atoms with E-state index in [-0.39, 0.29) is 6.61 Å². The summed E-state index contributed by atoms with van der Waals surface area (Å²) in [6.45, 7) is 3.45. The summed E-state index contributed by atoms with van der Waals surface area (Å²) >= 11 is 0. The molecule has 2 aromatic rings. The van der Waals surface area contributed by atoms with Crippen LogP contribution in [0, 0.1) is 0 Å². The number of hydrogen-bond donors (Lipinski definition) is 0. The van der Waals surface area contributed by atoms with Crippen LogP contribution in [0.2, 0.25) is 0 Å². The summed E-state index contributed by atoms with van der Waals surface area (Å²) in [5.74, 6) is -0.943. The molecule has 27 heavy (non-hydrogen) atoms. The molecule has 0 aliphatic rings. The Morgan fingerprint density at radius 3 is 2.33 bits per heavy atom. The number of aromatic nitrogens is 2. The molecule has 0 aliphatic carbocycles. The van der Waals surface area contributed by atoms with Crippen molar-refractivity contribution in [3.05, 3.63) is 46.4 Å². The van der Waals surface area contributed by atoms with Crippen LogP contribution in [0.4, 0.5) is 26.3 Å². The molecule has 0 N–H and O–H groups in total. The molecular formula is C16H12F6N2O3. The molecule has 0 amide bonds. The van der Waals surface area contributed by atoms with Gasteiger partial charge >= 0.3 is 18.3 Å². The van der Waals surface area contributed by atoms with Crippen LogP contribution in [0.25, 0.3) is 16.3 Å². The molecule has 0 bridgehead atoms. The summed E-state index contributed by atoms with van der Waals surface area (Å²) in [5, 5.41) is 2.29. The predicted molar refractivity (Wildman–Crippen MR) is 82.7 cm³/mol. The summed E-state index contributed by atoms with van der Waals surface area (Å²) in [6, 6.07) is 1.68. The first-order valence-electron chi connectivity index (χ1n) is 7.40. The number of fused-ring (bicyclic) bond motifs is 1. The van der Waals surface area contributed by atoms with E-state index in [0.717, 1.165) is 6.07 Å². The molecule has 1 aromatic carbocycles. The third kappa shape index (κ3) is 4.29. The number of esters is 1. The van der Waals surface area contributed by atoms with Crippen molar-refractivity contribution < 1.29 is 35.9 Å². The van der Waals surface area contributed by atoms with Crippen LogP contribution in [-0.4, -0.2) is 28.5 Å². The van der Waals surface area contributed by atoms with E-state index >= 15 is 0 Å². The molecule has 0 saturated carbocycles. The fraction of sp³-hybridized carbons (Fsp3) is 0.312. The number of allylic oxidation sites excluding steroid dienone is 1. The van der Waals surface area contributed by atoms with E-state index in [1.807, 2.05) is 0 Å². The number of nitrogens with zero attached hydrogens (tertiary/aromatic N) is 2. The van der Waals surface area contributed by atoms with Gasteiger partial charge in [0.05, 0.1) is 23.1 Å². The monoisotopic (exact) mass is 394 g/mol. The third-order valence-corrected chi connectivity index (χ3v) is 3.50. The molecule has 1 heterocycles. The molecule has 5 nitrogen and oxygen atoms in total. The van der Waals surface area contributed by atoms with Crippen LogP contribution in [0.3, 0.4) is 0 Å². The van der Waals surface area contributed by atoms with Crippen molar-refractivity contribution in [2.45, 2.75) is 25.8 Å². The fourth-order valence-corrected chi connectivity index (χ4v) is 2.26. The quantitative estimate of drug-likeness (QED) is 0.588. The van der Waals surface area contributed by atoms with Crippen molar-refractivity contribution >= 4 is 22.3 Å². The number of rotatable bonds is 4. The molecule has 0 spiro atoms. The molecule has 0 unspecified atom stereocenters. The van der Waals surface area contributed by atoms with Crippen molar-refractivity contribution in [3.63, 3.8) is 0 Å². The lowest BCUT2D eigenvalue weighted by Gasteiger charge is -2.15. The number of alkyl halides is 6. The summed E-state index contributed by atoms with van der Waals surface area (Å²) in [5.41, 5.74) is -4.82. The lowest BCUT2D eigenvalue weighted by Crippen LogP contribution is -2.30. The maximum atomic E-state index is 13.1. The molecule has 11 heteroatoms. The molecule has 2 rings (SSSR count). The first-order valence-corrected chi connectivity index (χ1v) is 7.40. The molecule has 0 radical (unpaired) electrons. The van der Waals surface area contributed by atoms with Gasteiger partial charge in [0, 0.05) is 5.39 Å². The van der Waals surface area contributed by atoms with Crippen LogP contribution in [0.1, 0.15) is 18.2 Å². The van der Waals surface area contributed by atoms with E-state index in [9.17, 15) is 35.9 Å². The van der Waals surface area contributed by atoms with E-state index in [2.05, 4.69) is 16.4 Å². The van der Waals surface area contributed by atoms with Crippen molar-refractivity contribution in [2.24, 2.45) is 0 Å². The van der Waals surface area contributed by atoms with Crippen LogP contribution >= 0.6 is 0 Å². The van der Waals surface area contributed by atoms with Gasteiger partial charge < -0.3 is 4.74 Å². The highest BCUT2D eigenvalue weighted by atomic mass is 19.4. The first-order chi connectivity index (χ1) is 12.4. The number of hydrogen-bond acceptors (Lipinski definition) is 4. The lowest BCUT2D eigenvalue weighted by molar-refractivity contribution is -0.144. The molecule has 0 atom stereocenters. The van der Waals surface area contributed by atoms with Crippen molar-refractivity contribution in [3.8, 4) is 0 Å². The number of carbonyl (C=O) groups is 1.